The maximum Gasteiger partial charge on any atom is 0.416 e. The standard InChI is InChI=1S/C37H46F3N5O2S/c1-6-33(18-26(4)10-11-27-12-13-27)47-24-32(16-17-41-22-29-8-7-9-31(19-29)37(38,39)40)43-36(46)30-20-34(42-23-28-14-15-28)44-35(21-30)45(5)48-25(2)3/h6-9,18-21,25,27-28,32,41H,1,4,12-17,22-24H2,2-3,5H3,(H,42,44)(H,43,46)/b33-18+/t32-/m1/s1. The van der Waals surface area contributed by atoms with E-state index in [0.29, 0.717) is 64.1 Å². The van der Waals surface area contributed by atoms with Crippen LogP contribution in [-0.4, -0.2) is 48.9 Å². The number of allylic oxidation sites excluding steroid dienone is 3. The molecule has 7 nitrogen and oxygen atoms in total. The fourth-order valence-corrected chi connectivity index (χ4v) is 5.49. The predicted molar refractivity (Wildman–Crippen MR) is 189 cm³/mol. The van der Waals surface area contributed by atoms with Crippen molar-refractivity contribution in [1.82, 2.24) is 15.6 Å². The van der Waals surface area contributed by atoms with Gasteiger partial charge in [0.05, 0.1) is 11.6 Å². The van der Waals surface area contributed by atoms with Crippen LogP contribution in [0.25, 0.3) is 0 Å². The van der Waals surface area contributed by atoms with E-state index >= 15 is 0 Å². The molecule has 0 unspecified atom stereocenters. The molecule has 0 saturated heterocycles. The van der Waals surface area contributed by atoms with Gasteiger partial charge in [-0.15, -0.1) is 0 Å². The first-order valence-electron chi connectivity index (χ1n) is 16.4. The van der Waals surface area contributed by atoms with E-state index in [4.69, 9.17) is 9.72 Å². The molecule has 0 bridgehead atoms. The van der Waals surface area contributed by atoms with Gasteiger partial charge in [-0.2, -0.15) is 13.2 Å². The number of hydrogen-bond acceptors (Lipinski definition) is 7. The van der Waals surface area contributed by atoms with Gasteiger partial charge in [-0.05, 0) is 92.4 Å². The molecule has 48 heavy (non-hydrogen) atoms. The van der Waals surface area contributed by atoms with Gasteiger partial charge in [0.1, 0.15) is 24.0 Å². The third kappa shape index (κ3) is 13.0. The van der Waals surface area contributed by atoms with E-state index in [1.54, 1.807) is 42.3 Å². The Morgan fingerprint density at radius 3 is 2.65 bits per heavy atom. The highest BCUT2D eigenvalue weighted by atomic mass is 32.2. The van der Waals surface area contributed by atoms with Crippen LogP contribution in [0.15, 0.2) is 73.0 Å². The van der Waals surface area contributed by atoms with E-state index in [1.807, 2.05) is 11.4 Å². The molecular formula is C37H46F3N5O2S. The molecular weight excluding hydrogens is 636 g/mol. The van der Waals surface area contributed by atoms with Crippen LogP contribution in [0.2, 0.25) is 0 Å². The van der Waals surface area contributed by atoms with Gasteiger partial charge in [-0.1, -0.05) is 57.0 Å². The summed E-state index contributed by atoms with van der Waals surface area (Å²) in [4.78, 5) is 18.5. The number of carbonyl (C=O) groups excluding carboxylic acids is 1. The monoisotopic (exact) mass is 681 g/mol. The molecule has 1 atom stereocenters. The van der Waals surface area contributed by atoms with Crippen LogP contribution >= 0.6 is 11.9 Å². The molecule has 0 aliphatic heterocycles. The van der Waals surface area contributed by atoms with Gasteiger partial charge in [0, 0.05) is 42.4 Å². The van der Waals surface area contributed by atoms with Crippen molar-refractivity contribution in [2.24, 2.45) is 11.8 Å². The van der Waals surface area contributed by atoms with E-state index in [-0.39, 0.29) is 19.1 Å². The summed E-state index contributed by atoms with van der Waals surface area (Å²) < 4.78 is 47.6. The Labute approximate surface area is 287 Å². The van der Waals surface area contributed by atoms with E-state index in [0.717, 1.165) is 31.5 Å². The van der Waals surface area contributed by atoms with E-state index < -0.39 is 17.8 Å². The lowest BCUT2D eigenvalue weighted by molar-refractivity contribution is -0.137. The first-order valence-corrected chi connectivity index (χ1v) is 17.2. The Kier molecular flexibility index (Phi) is 13.5. The molecule has 1 heterocycles. The van der Waals surface area contributed by atoms with Crippen molar-refractivity contribution < 1.29 is 22.7 Å². The Balaban J connectivity index is 1.46. The number of hydrogen-bond donors (Lipinski definition) is 3. The average Bonchev–Trinajstić information content (AvgIpc) is 3.98. The highest BCUT2D eigenvalue weighted by Gasteiger charge is 2.30. The number of benzene rings is 1. The Morgan fingerprint density at radius 2 is 1.98 bits per heavy atom. The molecule has 0 spiro atoms. The first-order chi connectivity index (χ1) is 22.9. The summed E-state index contributed by atoms with van der Waals surface area (Å²) in [6.07, 6.45) is 3.94. The minimum Gasteiger partial charge on any atom is -0.491 e. The van der Waals surface area contributed by atoms with Crippen molar-refractivity contribution in [2.45, 2.75) is 70.0 Å². The minimum absolute atomic E-state index is 0.131. The summed E-state index contributed by atoms with van der Waals surface area (Å²) >= 11 is 1.62. The number of anilines is 2. The number of amides is 1. The van der Waals surface area contributed by atoms with Crippen LogP contribution < -0.4 is 20.3 Å². The van der Waals surface area contributed by atoms with Gasteiger partial charge in [0.2, 0.25) is 0 Å². The SMILES string of the molecule is C=C/C(=C\C(=C)C#CC1CC1)OC[C@@H](CCNCc1cccc(C(F)(F)F)c1)NC(=O)c1cc(NCC2CC2)nc(N(C)SC(C)C)c1. The summed E-state index contributed by atoms with van der Waals surface area (Å²) in [6.45, 7) is 13.6. The lowest BCUT2D eigenvalue weighted by Crippen LogP contribution is -2.40. The second-order valence-corrected chi connectivity index (χ2v) is 14.2. The van der Waals surface area contributed by atoms with Crippen molar-refractivity contribution in [3.8, 4) is 11.8 Å². The summed E-state index contributed by atoms with van der Waals surface area (Å²) in [6, 6.07) is 8.33. The molecule has 2 aromatic rings. The van der Waals surface area contributed by atoms with E-state index in [1.165, 1.54) is 18.9 Å². The number of aromatic nitrogens is 1. The molecule has 2 aliphatic rings. The van der Waals surface area contributed by atoms with Gasteiger partial charge in [0.15, 0.2) is 0 Å². The van der Waals surface area contributed by atoms with Crippen LogP contribution in [0.5, 0.6) is 0 Å². The van der Waals surface area contributed by atoms with Crippen molar-refractivity contribution in [2.75, 3.05) is 36.4 Å². The Morgan fingerprint density at radius 1 is 1.21 bits per heavy atom. The van der Waals surface area contributed by atoms with Crippen molar-refractivity contribution >= 4 is 29.5 Å². The van der Waals surface area contributed by atoms with Crippen LogP contribution in [0, 0.1) is 23.7 Å². The average molecular weight is 682 g/mol. The maximum atomic E-state index is 13.7. The molecule has 1 amide bonds. The number of nitrogens with one attached hydrogen (secondary N) is 3. The quantitative estimate of drug-likeness (QED) is 0.0489. The number of ether oxygens (including phenoxy) is 1. The molecule has 0 radical (unpaired) electrons. The van der Waals surface area contributed by atoms with Crippen LogP contribution in [0.4, 0.5) is 24.8 Å². The first kappa shape index (κ1) is 36.9. The van der Waals surface area contributed by atoms with Gasteiger partial charge in [-0.3, -0.25) is 4.79 Å². The predicted octanol–water partition coefficient (Wildman–Crippen LogP) is 7.75. The summed E-state index contributed by atoms with van der Waals surface area (Å²) in [7, 11) is 1.93. The zero-order chi connectivity index (χ0) is 34.7. The number of pyridine rings is 1. The Bertz CT molecular complexity index is 1520. The fourth-order valence-electron chi connectivity index (χ4n) is 4.66. The zero-order valence-electron chi connectivity index (χ0n) is 28.0. The Hall–Kier alpha value is -3.88. The zero-order valence-corrected chi connectivity index (χ0v) is 28.8. The molecule has 4 rings (SSSR count). The number of carbonyl (C=O) groups is 1. The molecule has 2 fully saturated rings. The normalized spacial score (nSPS) is 15.3. The summed E-state index contributed by atoms with van der Waals surface area (Å²) in [5.74, 6) is 8.79. The molecule has 11 heteroatoms. The second kappa shape index (κ2) is 17.5. The molecule has 2 saturated carbocycles. The van der Waals surface area contributed by atoms with Crippen molar-refractivity contribution in [1.29, 1.82) is 0 Å². The molecule has 2 aliphatic carbocycles. The second-order valence-electron chi connectivity index (χ2n) is 12.5. The van der Waals surface area contributed by atoms with Crippen LogP contribution in [-0.2, 0) is 17.5 Å². The van der Waals surface area contributed by atoms with Gasteiger partial charge < -0.3 is 25.0 Å². The summed E-state index contributed by atoms with van der Waals surface area (Å²) in [5, 5.41) is 10.0. The smallest absolute Gasteiger partial charge is 0.416 e. The third-order valence-electron chi connectivity index (χ3n) is 7.61. The number of nitrogens with zero attached hydrogens (tertiary/aromatic N) is 2. The topological polar surface area (TPSA) is 78.5 Å². The van der Waals surface area contributed by atoms with Crippen LogP contribution in [0.1, 0.15) is 67.4 Å². The van der Waals surface area contributed by atoms with Gasteiger partial charge in [0.25, 0.3) is 5.91 Å². The van der Waals surface area contributed by atoms with E-state index in [2.05, 4.69) is 54.8 Å². The number of rotatable bonds is 18. The number of alkyl halides is 3. The van der Waals surface area contributed by atoms with Crippen molar-refractivity contribution in [3.05, 3.63) is 89.7 Å². The summed E-state index contributed by atoms with van der Waals surface area (Å²) in [5.41, 5.74) is 0.898. The molecule has 1 aromatic carbocycles. The highest BCUT2D eigenvalue weighted by molar-refractivity contribution is 8.01. The molecule has 1 aromatic heterocycles. The van der Waals surface area contributed by atoms with Gasteiger partial charge >= 0.3 is 6.18 Å². The lowest BCUT2D eigenvalue weighted by atomic mass is 10.1. The lowest BCUT2D eigenvalue weighted by Gasteiger charge is -2.22. The minimum atomic E-state index is -4.41. The van der Waals surface area contributed by atoms with Crippen molar-refractivity contribution in [3.63, 3.8) is 0 Å². The van der Waals surface area contributed by atoms with Gasteiger partial charge in [-0.25, -0.2) is 4.98 Å². The maximum absolute atomic E-state index is 13.7. The number of halogens is 3. The fraction of sp³-hybridized carbons (Fsp3) is 0.459. The largest absolute Gasteiger partial charge is 0.491 e. The molecule has 3 N–H and O–H groups in total. The van der Waals surface area contributed by atoms with Crippen LogP contribution in [0.3, 0.4) is 0 Å². The highest BCUT2D eigenvalue weighted by Crippen LogP contribution is 2.31. The molecule has 258 valence electrons. The third-order valence-corrected chi connectivity index (χ3v) is 8.53. The van der Waals surface area contributed by atoms with E-state index in [9.17, 15) is 18.0 Å².